The zero-order valence-electron chi connectivity index (χ0n) is 16.2. The largest absolute Gasteiger partial charge is 0.466 e. The molecule has 3 aromatic heterocycles. The highest BCUT2D eigenvalue weighted by molar-refractivity contribution is 6.06. The first-order valence-electron chi connectivity index (χ1n) is 9.02. The van der Waals surface area contributed by atoms with Gasteiger partial charge in [-0.25, -0.2) is 4.79 Å². The average molecular weight is 407 g/mol. The minimum Gasteiger partial charge on any atom is -0.466 e. The normalized spacial score (nSPS) is 10.7. The number of aromatic nitrogens is 2. The van der Waals surface area contributed by atoms with Crippen molar-refractivity contribution >= 4 is 17.6 Å². The van der Waals surface area contributed by atoms with Gasteiger partial charge in [0, 0.05) is 0 Å². The molecule has 0 radical (unpaired) electrons. The number of ether oxygens (including phenoxy) is 1. The zero-order chi connectivity index (χ0) is 21.1. The average Bonchev–Trinajstić information content (AvgIpc) is 3.48. The fourth-order valence-corrected chi connectivity index (χ4v) is 2.83. The molecule has 0 saturated carbocycles. The third-order valence-corrected chi connectivity index (χ3v) is 4.21. The molecule has 0 aliphatic carbocycles. The molecule has 0 spiro atoms. The number of furan rings is 2. The van der Waals surface area contributed by atoms with E-state index in [4.69, 9.17) is 18.0 Å². The molecule has 0 saturated heterocycles. The summed E-state index contributed by atoms with van der Waals surface area (Å²) in [4.78, 5) is 24.7. The minimum atomic E-state index is -0.652. The van der Waals surface area contributed by atoms with Gasteiger partial charge in [0.2, 0.25) is 0 Å². The van der Waals surface area contributed by atoms with Gasteiger partial charge in [0.1, 0.15) is 11.5 Å². The van der Waals surface area contributed by atoms with Crippen LogP contribution in [0.15, 0.2) is 62.0 Å². The van der Waals surface area contributed by atoms with Crippen molar-refractivity contribution < 1.29 is 27.6 Å². The van der Waals surface area contributed by atoms with E-state index in [-0.39, 0.29) is 29.7 Å². The third kappa shape index (κ3) is 4.00. The maximum absolute atomic E-state index is 12.5. The number of benzene rings is 1. The summed E-state index contributed by atoms with van der Waals surface area (Å²) in [6, 6.07) is 11.4. The van der Waals surface area contributed by atoms with E-state index in [1.54, 1.807) is 37.3 Å². The molecule has 0 atom stereocenters. The first-order chi connectivity index (χ1) is 14.5. The Labute approximate surface area is 170 Å². The van der Waals surface area contributed by atoms with Gasteiger partial charge >= 0.3 is 5.97 Å². The van der Waals surface area contributed by atoms with E-state index in [1.165, 1.54) is 18.4 Å². The lowest BCUT2D eigenvalue weighted by molar-refractivity contribution is 0.0440. The van der Waals surface area contributed by atoms with Crippen LogP contribution < -0.4 is 5.32 Å². The molecule has 9 heteroatoms. The second-order valence-corrected chi connectivity index (χ2v) is 6.38. The Bertz CT molecular complexity index is 1190. The number of esters is 1. The molecule has 152 valence electrons. The standard InChI is InChI=1S/C21H17N3O6/c1-12-10-15(13(2)29-12)20-24-23-18(30-20)11-28-21(26)14-6-3-4-7-16(14)22-19(25)17-8-5-9-27-17/h3-10H,11H2,1-2H3,(H,22,25). The van der Waals surface area contributed by atoms with E-state index in [0.29, 0.717) is 17.0 Å². The number of para-hydroxylation sites is 1. The maximum Gasteiger partial charge on any atom is 0.340 e. The molecule has 1 N–H and O–H groups in total. The van der Waals surface area contributed by atoms with E-state index in [1.807, 2.05) is 6.92 Å². The first-order valence-corrected chi connectivity index (χ1v) is 9.02. The van der Waals surface area contributed by atoms with E-state index in [2.05, 4.69) is 15.5 Å². The van der Waals surface area contributed by atoms with Gasteiger partial charge in [-0.15, -0.1) is 10.2 Å². The molecule has 30 heavy (non-hydrogen) atoms. The van der Waals surface area contributed by atoms with Crippen molar-refractivity contribution in [3.8, 4) is 11.5 Å². The summed E-state index contributed by atoms with van der Waals surface area (Å²) in [5.74, 6) is 0.785. The highest BCUT2D eigenvalue weighted by Crippen LogP contribution is 2.25. The number of hydrogen-bond donors (Lipinski definition) is 1. The van der Waals surface area contributed by atoms with Crippen molar-refractivity contribution in [2.75, 3.05) is 5.32 Å². The summed E-state index contributed by atoms with van der Waals surface area (Å²) in [6.45, 7) is 3.39. The van der Waals surface area contributed by atoms with Crippen LogP contribution in [0.3, 0.4) is 0 Å². The van der Waals surface area contributed by atoms with Gasteiger partial charge in [0.25, 0.3) is 17.7 Å². The molecule has 0 aliphatic rings. The molecule has 3 heterocycles. The number of nitrogens with zero attached hydrogens (tertiary/aromatic N) is 2. The van der Waals surface area contributed by atoms with Crippen LogP contribution in [0.5, 0.6) is 0 Å². The fraction of sp³-hybridized carbons (Fsp3) is 0.143. The van der Waals surface area contributed by atoms with Crippen molar-refractivity contribution in [1.29, 1.82) is 0 Å². The molecule has 1 amide bonds. The number of aryl methyl sites for hydroxylation is 2. The molecular formula is C21H17N3O6. The van der Waals surface area contributed by atoms with Crippen molar-refractivity contribution in [2.45, 2.75) is 20.5 Å². The van der Waals surface area contributed by atoms with Crippen LogP contribution in [0.4, 0.5) is 5.69 Å². The second kappa shape index (κ2) is 8.08. The summed E-state index contributed by atoms with van der Waals surface area (Å²) in [5.41, 5.74) is 1.15. The van der Waals surface area contributed by atoms with Crippen LogP contribution in [0, 0.1) is 13.8 Å². The zero-order valence-corrected chi connectivity index (χ0v) is 16.2. The topological polar surface area (TPSA) is 121 Å². The summed E-state index contributed by atoms with van der Waals surface area (Å²) in [5, 5.41) is 10.5. The fourth-order valence-electron chi connectivity index (χ4n) is 2.83. The highest BCUT2D eigenvalue weighted by atomic mass is 16.5. The third-order valence-electron chi connectivity index (χ3n) is 4.21. The van der Waals surface area contributed by atoms with Crippen molar-refractivity contribution in [1.82, 2.24) is 10.2 Å². The van der Waals surface area contributed by atoms with Gasteiger partial charge in [-0.1, -0.05) is 12.1 Å². The molecule has 4 aromatic rings. The molecule has 1 aromatic carbocycles. The molecule has 0 unspecified atom stereocenters. The van der Waals surface area contributed by atoms with Gasteiger partial charge in [0.05, 0.1) is 23.1 Å². The summed E-state index contributed by atoms with van der Waals surface area (Å²) in [7, 11) is 0. The molecular weight excluding hydrogens is 390 g/mol. The molecule has 4 rings (SSSR count). The molecule has 0 aliphatic heterocycles. The van der Waals surface area contributed by atoms with E-state index >= 15 is 0 Å². The smallest absolute Gasteiger partial charge is 0.340 e. The lowest BCUT2D eigenvalue weighted by Crippen LogP contribution is -2.15. The van der Waals surface area contributed by atoms with Crippen molar-refractivity contribution in [3.63, 3.8) is 0 Å². The Morgan fingerprint density at radius 1 is 1.07 bits per heavy atom. The van der Waals surface area contributed by atoms with Gasteiger partial charge in [-0.2, -0.15) is 0 Å². The van der Waals surface area contributed by atoms with Gasteiger partial charge in [0.15, 0.2) is 12.4 Å². The van der Waals surface area contributed by atoms with Crippen molar-refractivity contribution in [3.05, 3.63) is 77.5 Å². The number of carbonyl (C=O) groups excluding carboxylic acids is 2. The molecule has 0 bridgehead atoms. The number of anilines is 1. The Morgan fingerprint density at radius 2 is 1.90 bits per heavy atom. The number of amides is 1. The Hall–Kier alpha value is -4.14. The maximum atomic E-state index is 12.5. The minimum absolute atomic E-state index is 0.126. The predicted octanol–water partition coefficient (Wildman–Crippen LogP) is 4.15. The monoisotopic (exact) mass is 407 g/mol. The van der Waals surface area contributed by atoms with E-state index in [9.17, 15) is 9.59 Å². The number of rotatable bonds is 6. The van der Waals surface area contributed by atoms with Crippen LogP contribution >= 0.6 is 0 Å². The number of hydrogen-bond acceptors (Lipinski definition) is 8. The predicted molar refractivity (Wildman–Crippen MR) is 104 cm³/mol. The Kier molecular flexibility index (Phi) is 5.17. The van der Waals surface area contributed by atoms with Crippen molar-refractivity contribution in [2.24, 2.45) is 0 Å². The Morgan fingerprint density at radius 3 is 2.63 bits per heavy atom. The van der Waals surface area contributed by atoms with Crippen LogP contribution in [0.1, 0.15) is 38.3 Å². The second-order valence-electron chi connectivity index (χ2n) is 6.38. The molecule has 0 fully saturated rings. The summed E-state index contributed by atoms with van der Waals surface area (Å²) in [6.07, 6.45) is 1.39. The summed E-state index contributed by atoms with van der Waals surface area (Å²) >= 11 is 0. The molecule has 9 nitrogen and oxygen atoms in total. The van der Waals surface area contributed by atoms with Crippen LogP contribution in [-0.2, 0) is 11.3 Å². The summed E-state index contributed by atoms with van der Waals surface area (Å²) < 4.78 is 21.3. The first kappa shape index (κ1) is 19.2. The van der Waals surface area contributed by atoms with Gasteiger partial charge < -0.3 is 23.3 Å². The Balaban J connectivity index is 1.44. The van der Waals surface area contributed by atoms with E-state index < -0.39 is 11.9 Å². The van der Waals surface area contributed by atoms with Crippen LogP contribution in [0.2, 0.25) is 0 Å². The number of nitrogens with one attached hydrogen (secondary N) is 1. The van der Waals surface area contributed by atoms with Crippen LogP contribution in [0.25, 0.3) is 11.5 Å². The highest BCUT2D eigenvalue weighted by Gasteiger charge is 2.19. The van der Waals surface area contributed by atoms with Gasteiger partial charge in [-0.3, -0.25) is 4.79 Å². The quantitative estimate of drug-likeness (QED) is 0.473. The lowest BCUT2D eigenvalue weighted by atomic mass is 10.1. The SMILES string of the molecule is Cc1cc(-c2nnc(COC(=O)c3ccccc3NC(=O)c3ccco3)o2)c(C)o1. The lowest BCUT2D eigenvalue weighted by Gasteiger charge is -2.09. The van der Waals surface area contributed by atoms with Crippen LogP contribution in [-0.4, -0.2) is 22.1 Å². The van der Waals surface area contributed by atoms with E-state index in [0.717, 1.165) is 5.76 Å². The number of carbonyl (C=O) groups is 2. The van der Waals surface area contributed by atoms with Gasteiger partial charge in [-0.05, 0) is 44.2 Å².